The molecule has 0 aliphatic carbocycles. The van der Waals surface area contributed by atoms with Crippen molar-refractivity contribution in [2.75, 3.05) is 17.7 Å². The highest BCUT2D eigenvalue weighted by Crippen LogP contribution is 2.20. The van der Waals surface area contributed by atoms with Crippen LogP contribution in [-0.2, 0) is 6.54 Å². The van der Waals surface area contributed by atoms with E-state index in [2.05, 4.69) is 35.8 Å². The molecule has 12 nitrogen and oxygen atoms in total. The van der Waals surface area contributed by atoms with Crippen LogP contribution in [0.3, 0.4) is 0 Å². The molecule has 0 saturated heterocycles. The van der Waals surface area contributed by atoms with Gasteiger partial charge in [0.15, 0.2) is 5.69 Å². The van der Waals surface area contributed by atoms with Crippen LogP contribution in [0.25, 0.3) is 5.82 Å². The molecule has 0 spiro atoms. The van der Waals surface area contributed by atoms with Crippen LogP contribution in [-0.4, -0.2) is 44.5 Å². The summed E-state index contributed by atoms with van der Waals surface area (Å²) in [5.74, 6) is 0.842. The Morgan fingerprint density at radius 3 is 2.74 bits per heavy atom. The first-order chi connectivity index (χ1) is 15.0. The zero-order chi connectivity index (χ0) is 21.8. The number of carbonyl (C=O) groups excluding carboxylic acids is 1. The fourth-order valence-corrected chi connectivity index (χ4v) is 2.86. The third kappa shape index (κ3) is 4.27. The normalized spacial score (nSPS) is 11.2. The average molecular weight is 421 g/mol. The standard InChI is InChI=1S/C19H19N9O3/c1-12-8-9-14(30-12)10-21-23-19(29)16-15(11-27(2)13-6-4-3-5-7-13)28(26-22-16)18-17(20)24-31-25-18/h3-10H,11H2,1-2H3,(H2,20,24)(H,23,29)/b21-10-. The van der Waals surface area contributed by atoms with E-state index in [1.54, 1.807) is 12.1 Å². The lowest BCUT2D eigenvalue weighted by molar-refractivity contribution is 0.0949. The molecule has 3 aromatic heterocycles. The Labute approximate surface area is 176 Å². The van der Waals surface area contributed by atoms with E-state index < -0.39 is 5.91 Å². The Kier molecular flexibility index (Phi) is 5.43. The molecule has 158 valence electrons. The quantitative estimate of drug-likeness (QED) is 0.334. The summed E-state index contributed by atoms with van der Waals surface area (Å²) < 4.78 is 11.4. The molecule has 0 aliphatic heterocycles. The van der Waals surface area contributed by atoms with Gasteiger partial charge in [-0.3, -0.25) is 4.79 Å². The highest BCUT2D eigenvalue weighted by molar-refractivity contribution is 5.94. The summed E-state index contributed by atoms with van der Waals surface area (Å²) in [5.41, 5.74) is 9.65. The average Bonchev–Trinajstić information content (AvgIpc) is 3.48. The van der Waals surface area contributed by atoms with E-state index >= 15 is 0 Å². The van der Waals surface area contributed by atoms with Crippen molar-refractivity contribution in [3.8, 4) is 5.82 Å². The maximum atomic E-state index is 12.8. The van der Waals surface area contributed by atoms with Gasteiger partial charge in [-0.25, -0.2) is 10.1 Å². The summed E-state index contributed by atoms with van der Waals surface area (Å²) in [5, 5.41) is 19.3. The molecule has 0 saturated carbocycles. The first kappa shape index (κ1) is 19.8. The van der Waals surface area contributed by atoms with Crippen LogP contribution in [0.15, 0.2) is 56.6 Å². The van der Waals surface area contributed by atoms with Gasteiger partial charge in [-0.05, 0) is 41.5 Å². The van der Waals surface area contributed by atoms with Crippen molar-refractivity contribution in [2.24, 2.45) is 5.10 Å². The van der Waals surface area contributed by atoms with E-state index in [1.807, 2.05) is 49.2 Å². The third-order valence-electron chi connectivity index (χ3n) is 4.38. The third-order valence-corrected chi connectivity index (χ3v) is 4.38. The number of carbonyl (C=O) groups is 1. The summed E-state index contributed by atoms with van der Waals surface area (Å²) in [7, 11) is 1.87. The van der Waals surface area contributed by atoms with Crippen LogP contribution in [0.5, 0.6) is 0 Å². The maximum absolute atomic E-state index is 12.8. The predicted molar refractivity (Wildman–Crippen MR) is 111 cm³/mol. The molecular weight excluding hydrogens is 402 g/mol. The number of hydrogen-bond acceptors (Lipinski definition) is 10. The second kappa shape index (κ2) is 8.49. The minimum atomic E-state index is -0.558. The number of benzene rings is 1. The molecule has 0 radical (unpaired) electrons. The second-order valence-electron chi connectivity index (χ2n) is 6.61. The first-order valence-electron chi connectivity index (χ1n) is 9.22. The summed E-state index contributed by atoms with van der Waals surface area (Å²) in [4.78, 5) is 14.7. The Morgan fingerprint density at radius 1 is 1.26 bits per heavy atom. The minimum absolute atomic E-state index is 0.0201. The molecule has 12 heteroatoms. The zero-order valence-electron chi connectivity index (χ0n) is 16.8. The van der Waals surface area contributed by atoms with Crippen molar-refractivity contribution in [2.45, 2.75) is 13.5 Å². The number of nitrogen functional groups attached to an aromatic ring is 1. The van der Waals surface area contributed by atoms with Crippen LogP contribution in [0.1, 0.15) is 27.7 Å². The number of anilines is 2. The number of furan rings is 1. The number of hydrazone groups is 1. The SMILES string of the molecule is Cc1ccc(/C=N\NC(=O)c2nnn(-c3nonc3N)c2CN(C)c2ccccc2)o1. The highest BCUT2D eigenvalue weighted by atomic mass is 16.6. The molecule has 4 rings (SSSR count). The number of nitrogens with one attached hydrogen (secondary N) is 1. The molecule has 31 heavy (non-hydrogen) atoms. The van der Waals surface area contributed by atoms with Crippen LogP contribution in [0.4, 0.5) is 11.5 Å². The zero-order valence-corrected chi connectivity index (χ0v) is 16.8. The predicted octanol–water partition coefficient (Wildman–Crippen LogP) is 1.53. The topological polar surface area (TPSA) is 153 Å². The number of nitrogens with zero attached hydrogens (tertiary/aromatic N) is 7. The second-order valence-corrected chi connectivity index (χ2v) is 6.61. The lowest BCUT2D eigenvalue weighted by Crippen LogP contribution is -2.24. The largest absolute Gasteiger partial charge is 0.460 e. The van der Waals surface area contributed by atoms with E-state index in [4.69, 9.17) is 10.2 Å². The smallest absolute Gasteiger partial charge is 0.293 e. The minimum Gasteiger partial charge on any atom is -0.460 e. The van der Waals surface area contributed by atoms with Crippen molar-refractivity contribution < 1.29 is 13.8 Å². The van der Waals surface area contributed by atoms with E-state index in [9.17, 15) is 4.79 Å². The maximum Gasteiger partial charge on any atom is 0.293 e. The van der Waals surface area contributed by atoms with Gasteiger partial charge >= 0.3 is 0 Å². The van der Waals surface area contributed by atoms with E-state index in [0.717, 1.165) is 11.4 Å². The highest BCUT2D eigenvalue weighted by Gasteiger charge is 2.25. The van der Waals surface area contributed by atoms with E-state index in [-0.39, 0.29) is 23.9 Å². The molecule has 0 bridgehead atoms. The molecule has 0 aliphatic rings. The number of rotatable bonds is 7. The Morgan fingerprint density at radius 2 is 2.06 bits per heavy atom. The van der Waals surface area contributed by atoms with Gasteiger partial charge in [0.25, 0.3) is 5.91 Å². The molecule has 0 atom stereocenters. The summed E-state index contributed by atoms with van der Waals surface area (Å²) in [6.07, 6.45) is 1.39. The molecule has 0 unspecified atom stereocenters. The summed E-state index contributed by atoms with van der Waals surface area (Å²) in [6.45, 7) is 2.08. The number of aromatic nitrogens is 5. The molecular formula is C19H19N9O3. The van der Waals surface area contributed by atoms with E-state index in [1.165, 1.54) is 10.9 Å². The van der Waals surface area contributed by atoms with Gasteiger partial charge in [0, 0.05) is 12.7 Å². The first-order valence-corrected chi connectivity index (χ1v) is 9.22. The number of amides is 1. The molecule has 1 amide bonds. The van der Waals surface area contributed by atoms with Crippen LogP contribution in [0, 0.1) is 6.92 Å². The van der Waals surface area contributed by atoms with Crippen LogP contribution in [0.2, 0.25) is 0 Å². The van der Waals surface area contributed by atoms with Crippen molar-refractivity contribution in [3.63, 3.8) is 0 Å². The van der Waals surface area contributed by atoms with Gasteiger partial charge in [-0.1, -0.05) is 23.4 Å². The van der Waals surface area contributed by atoms with Crippen LogP contribution < -0.4 is 16.1 Å². The summed E-state index contributed by atoms with van der Waals surface area (Å²) in [6, 6.07) is 13.2. The number of aryl methyl sites for hydroxylation is 1. The van der Waals surface area contributed by atoms with Crippen molar-refractivity contribution >= 4 is 23.6 Å². The monoisotopic (exact) mass is 421 g/mol. The van der Waals surface area contributed by atoms with Crippen LogP contribution >= 0.6 is 0 Å². The fraction of sp³-hybridized carbons (Fsp3) is 0.158. The molecule has 3 heterocycles. The number of para-hydroxylation sites is 1. The number of hydrogen-bond donors (Lipinski definition) is 2. The molecule has 4 aromatic rings. The molecule has 0 fully saturated rings. The van der Waals surface area contributed by atoms with Gasteiger partial charge in [-0.2, -0.15) is 9.78 Å². The molecule has 1 aromatic carbocycles. The van der Waals surface area contributed by atoms with E-state index in [0.29, 0.717) is 11.5 Å². The van der Waals surface area contributed by atoms with Gasteiger partial charge < -0.3 is 15.1 Å². The van der Waals surface area contributed by atoms with Gasteiger partial charge in [-0.15, -0.1) is 5.10 Å². The Bertz CT molecular complexity index is 1210. The summed E-state index contributed by atoms with van der Waals surface area (Å²) >= 11 is 0. The van der Waals surface area contributed by atoms with Gasteiger partial charge in [0.1, 0.15) is 11.5 Å². The Hall–Kier alpha value is -4.48. The Balaban J connectivity index is 1.62. The fourth-order valence-electron chi connectivity index (χ4n) is 2.86. The lowest BCUT2D eigenvalue weighted by atomic mass is 10.2. The van der Waals surface area contributed by atoms with Gasteiger partial charge in [0.05, 0.1) is 18.5 Å². The number of nitrogens with two attached hydrogens (primary N) is 1. The van der Waals surface area contributed by atoms with Gasteiger partial charge in [0.2, 0.25) is 11.6 Å². The lowest BCUT2D eigenvalue weighted by Gasteiger charge is -2.19. The van der Waals surface area contributed by atoms with Crippen molar-refractivity contribution in [1.29, 1.82) is 0 Å². The van der Waals surface area contributed by atoms with Crippen molar-refractivity contribution in [1.82, 2.24) is 30.7 Å². The van der Waals surface area contributed by atoms with Crippen molar-refractivity contribution in [3.05, 3.63) is 65.4 Å². The molecule has 3 N–H and O–H groups in total.